The number of ether oxygens (including phenoxy) is 2. The van der Waals surface area contributed by atoms with Crippen molar-refractivity contribution in [2.45, 2.75) is 29.2 Å². The molecule has 0 saturated carbocycles. The Balaban J connectivity index is 1.79. The van der Waals surface area contributed by atoms with Crippen molar-refractivity contribution in [3.8, 4) is 5.75 Å². The van der Waals surface area contributed by atoms with Crippen LogP contribution in [0, 0.1) is 0 Å². The maximum atomic E-state index is 12.5. The van der Waals surface area contributed by atoms with Gasteiger partial charge in [-0.05, 0) is 48.9 Å². The number of carbonyl (C=O) groups excluding carboxylic acids is 1. The zero-order chi connectivity index (χ0) is 24.9. The summed E-state index contributed by atoms with van der Waals surface area (Å²) in [7, 11) is -3.86. The van der Waals surface area contributed by atoms with Crippen LogP contribution in [0.4, 0.5) is 0 Å². The molecule has 34 heavy (non-hydrogen) atoms. The van der Waals surface area contributed by atoms with Crippen molar-refractivity contribution in [3.05, 3.63) is 47.3 Å². The number of fused-ring (bicyclic) bond motifs is 1. The second-order valence-corrected chi connectivity index (χ2v) is 12.7. The first kappa shape index (κ1) is 26.1. The third-order valence-corrected chi connectivity index (χ3v) is 9.01. The molecule has 0 fully saturated rings. The molecule has 0 radical (unpaired) electrons. The van der Waals surface area contributed by atoms with E-state index in [4.69, 9.17) is 9.47 Å². The normalized spacial score (nSPS) is 12.9. The number of hydrogen-bond donors (Lipinski definition) is 0. The van der Waals surface area contributed by atoms with Crippen LogP contribution in [0.25, 0.3) is 10.2 Å². The summed E-state index contributed by atoms with van der Waals surface area (Å²) in [4.78, 5) is 17.5. The van der Waals surface area contributed by atoms with E-state index < -0.39 is 25.6 Å². The summed E-state index contributed by atoms with van der Waals surface area (Å²) in [5, 5.41) is 0. The van der Waals surface area contributed by atoms with Gasteiger partial charge in [0, 0.05) is 26.3 Å². The second-order valence-electron chi connectivity index (χ2n) is 7.53. The molecular formula is C22H26N2O7S3. The number of amides is 1. The van der Waals surface area contributed by atoms with Gasteiger partial charge in [0.2, 0.25) is 5.91 Å². The Hall–Kier alpha value is -2.54. The van der Waals surface area contributed by atoms with Gasteiger partial charge in [-0.15, -0.1) is 0 Å². The molecule has 1 heterocycles. The molecule has 9 nitrogen and oxygen atoms in total. The van der Waals surface area contributed by atoms with Crippen LogP contribution in [0.1, 0.15) is 12.8 Å². The van der Waals surface area contributed by atoms with Gasteiger partial charge in [-0.3, -0.25) is 4.79 Å². The van der Waals surface area contributed by atoms with Gasteiger partial charge in [-0.1, -0.05) is 11.3 Å². The van der Waals surface area contributed by atoms with E-state index in [1.54, 1.807) is 35.9 Å². The highest BCUT2D eigenvalue weighted by atomic mass is 32.2. The highest BCUT2D eigenvalue weighted by Crippen LogP contribution is 2.22. The summed E-state index contributed by atoms with van der Waals surface area (Å²) in [5.74, 6) is -0.0818. The first-order valence-corrected chi connectivity index (χ1v) is 14.7. The summed E-state index contributed by atoms with van der Waals surface area (Å²) in [6.45, 7) is 0.799. The molecule has 3 rings (SSSR count). The fourth-order valence-electron chi connectivity index (χ4n) is 3.25. The fourth-order valence-corrected chi connectivity index (χ4v) is 6.39. The zero-order valence-corrected chi connectivity index (χ0v) is 21.5. The van der Waals surface area contributed by atoms with Crippen molar-refractivity contribution in [2.24, 2.45) is 4.99 Å². The van der Waals surface area contributed by atoms with Crippen LogP contribution in [0.5, 0.6) is 5.75 Å². The molecule has 12 heteroatoms. The number of rotatable bonds is 10. The van der Waals surface area contributed by atoms with E-state index in [0.29, 0.717) is 28.4 Å². The quantitative estimate of drug-likeness (QED) is 0.398. The van der Waals surface area contributed by atoms with E-state index in [9.17, 15) is 21.6 Å². The maximum Gasteiger partial charge on any atom is 0.248 e. The lowest BCUT2D eigenvalue weighted by Gasteiger charge is -2.05. The first-order chi connectivity index (χ1) is 16.0. The van der Waals surface area contributed by atoms with Crippen molar-refractivity contribution >= 4 is 47.1 Å². The van der Waals surface area contributed by atoms with Crippen molar-refractivity contribution in [1.82, 2.24) is 4.57 Å². The Bertz CT molecular complexity index is 1450. The minimum atomic E-state index is -3.54. The van der Waals surface area contributed by atoms with Crippen LogP contribution in [0.3, 0.4) is 0 Å². The number of methoxy groups -OCH3 is 2. The number of nitrogens with zero attached hydrogens (tertiary/aromatic N) is 2. The summed E-state index contributed by atoms with van der Waals surface area (Å²) in [6, 6.07) is 10.9. The summed E-state index contributed by atoms with van der Waals surface area (Å²) in [5.41, 5.74) is 0.739. The van der Waals surface area contributed by atoms with Gasteiger partial charge < -0.3 is 14.0 Å². The molecule has 2 aromatic carbocycles. The molecule has 0 N–H and O–H groups in total. The van der Waals surface area contributed by atoms with Gasteiger partial charge in [0.05, 0.1) is 39.5 Å². The third-order valence-electron chi connectivity index (χ3n) is 5.04. The largest absolute Gasteiger partial charge is 0.497 e. The predicted octanol–water partition coefficient (Wildman–Crippen LogP) is 2.44. The highest BCUT2D eigenvalue weighted by Gasteiger charge is 2.16. The second kappa shape index (κ2) is 10.8. The number of benzene rings is 2. The molecule has 0 bridgehead atoms. The molecule has 0 saturated heterocycles. The molecular weight excluding hydrogens is 500 g/mol. The lowest BCUT2D eigenvalue weighted by Crippen LogP contribution is -2.19. The van der Waals surface area contributed by atoms with Crippen LogP contribution in [-0.4, -0.2) is 60.1 Å². The van der Waals surface area contributed by atoms with Crippen LogP contribution < -0.4 is 9.54 Å². The minimum Gasteiger partial charge on any atom is -0.497 e. The predicted molar refractivity (Wildman–Crippen MR) is 130 cm³/mol. The van der Waals surface area contributed by atoms with Gasteiger partial charge in [0.1, 0.15) is 5.75 Å². The Kier molecular flexibility index (Phi) is 8.29. The van der Waals surface area contributed by atoms with Gasteiger partial charge in [-0.2, -0.15) is 4.99 Å². The van der Waals surface area contributed by atoms with Crippen molar-refractivity contribution in [3.63, 3.8) is 0 Å². The van der Waals surface area contributed by atoms with E-state index in [2.05, 4.69) is 4.99 Å². The highest BCUT2D eigenvalue weighted by molar-refractivity contribution is 7.91. The number of thiazole rings is 1. The van der Waals surface area contributed by atoms with E-state index >= 15 is 0 Å². The smallest absolute Gasteiger partial charge is 0.248 e. The lowest BCUT2D eigenvalue weighted by atomic mass is 10.3. The van der Waals surface area contributed by atoms with E-state index in [-0.39, 0.29) is 28.4 Å². The minimum absolute atomic E-state index is 0.0392. The average Bonchev–Trinajstić information content (AvgIpc) is 3.12. The number of carbonyl (C=O) groups is 1. The zero-order valence-electron chi connectivity index (χ0n) is 19.1. The third kappa shape index (κ3) is 6.32. The molecule has 0 aliphatic heterocycles. The first-order valence-electron chi connectivity index (χ1n) is 10.3. The summed E-state index contributed by atoms with van der Waals surface area (Å²) in [6.07, 6.45) is 1.22. The van der Waals surface area contributed by atoms with Gasteiger partial charge in [0.15, 0.2) is 24.5 Å². The van der Waals surface area contributed by atoms with Crippen molar-refractivity contribution < 1.29 is 31.1 Å². The molecule has 184 valence electrons. The number of hydrogen-bond acceptors (Lipinski definition) is 8. The lowest BCUT2D eigenvalue weighted by molar-refractivity contribution is -0.118. The standard InChI is InChI=1S/C22H26N2O7S3/c1-30-13-12-24-19-11-10-18(33(3,26)27)15-20(19)32-22(24)23-21(25)5-4-14-34(28,29)17-8-6-16(31-2)7-9-17/h6-11,15H,4-5,12-14H2,1-3H3. The monoisotopic (exact) mass is 526 g/mol. The summed E-state index contributed by atoms with van der Waals surface area (Å²) < 4.78 is 61.5. The Morgan fingerprint density at radius 2 is 1.71 bits per heavy atom. The Labute approximate surface area is 202 Å². The van der Waals surface area contributed by atoms with E-state index in [1.165, 1.54) is 36.6 Å². The Morgan fingerprint density at radius 3 is 2.32 bits per heavy atom. The van der Waals surface area contributed by atoms with Gasteiger partial charge in [-0.25, -0.2) is 16.8 Å². The molecule has 0 atom stereocenters. The maximum absolute atomic E-state index is 12.5. The van der Waals surface area contributed by atoms with Gasteiger partial charge >= 0.3 is 0 Å². The molecule has 0 aliphatic rings. The molecule has 0 aliphatic carbocycles. The van der Waals surface area contributed by atoms with Crippen LogP contribution >= 0.6 is 11.3 Å². The van der Waals surface area contributed by atoms with Crippen molar-refractivity contribution in [2.75, 3.05) is 32.8 Å². The summed E-state index contributed by atoms with van der Waals surface area (Å²) >= 11 is 1.20. The van der Waals surface area contributed by atoms with Crippen LogP contribution in [-0.2, 0) is 35.8 Å². The average molecular weight is 527 g/mol. The van der Waals surface area contributed by atoms with Crippen LogP contribution in [0.2, 0.25) is 0 Å². The molecule has 3 aromatic rings. The molecule has 1 amide bonds. The number of aromatic nitrogens is 1. The number of sulfone groups is 2. The van der Waals surface area contributed by atoms with E-state index in [1.807, 2.05) is 0 Å². The molecule has 0 unspecified atom stereocenters. The molecule has 0 spiro atoms. The SMILES string of the molecule is COCCn1c(=NC(=O)CCCS(=O)(=O)c2ccc(OC)cc2)sc2cc(S(C)(=O)=O)ccc21. The molecule has 1 aromatic heterocycles. The topological polar surface area (TPSA) is 121 Å². The van der Waals surface area contributed by atoms with E-state index in [0.717, 1.165) is 11.8 Å². The fraction of sp³-hybridized carbons (Fsp3) is 0.364. The van der Waals surface area contributed by atoms with Gasteiger partial charge in [0.25, 0.3) is 0 Å². The Morgan fingerprint density at radius 1 is 1.03 bits per heavy atom. The van der Waals surface area contributed by atoms with Crippen LogP contribution in [0.15, 0.2) is 57.2 Å². The van der Waals surface area contributed by atoms with Crippen molar-refractivity contribution in [1.29, 1.82) is 0 Å².